The lowest BCUT2D eigenvalue weighted by atomic mass is 10.3. The van der Waals surface area contributed by atoms with Crippen molar-refractivity contribution >= 4 is 5.91 Å². The van der Waals surface area contributed by atoms with Crippen molar-refractivity contribution in [2.24, 2.45) is 0 Å². The van der Waals surface area contributed by atoms with E-state index in [1.165, 1.54) is 18.0 Å². The van der Waals surface area contributed by atoms with Crippen molar-refractivity contribution in [1.82, 2.24) is 24.9 Å². The van der Waals surface area contributed by atoms with Gasteiger partial charge in [0.1, 0.15) is 12.2 Å². The van der Waals surface area contributed by atoms with Crippen molar-refractivity contribution in [1.29, 1.82) is 0 Å². The van der Waals surface area contributed by atoms with Crippen molar-refractivity contribution in [2.45, 2.75) is 19.3 Å². The second-order valence-corrected chi connectivity index (χ2v) is 4.26. The molecule has 6 nitrogen and oxygen atoms in total. The minimum Gasteiger partial charge on any atom is -0.334 e. The zero-order chi connectivity index (χ0) is 14.8. The van der Waals surface area contributed by atoms with Gasteiger partial charge in [0.05, 0.1) is 12.2 Å². The number of carbonyl (C=O) groups is 1. The monoisotopic (exact) mass is 287 g/mol. The molecule has 9 heteroatoms. The Morgan fingerprint density at radius 2 is 2.20 bits per heavy atom. The maximum atomic E-state index is 12.2. The van der Waals surface area contributed by atoms with E-state index in [4.69, 9.17) is 0 Å². The van der Waals surface area contributed by atoms with Crippen LogP contribution in [0.25, 0.3) is 0 Å². The Morgan fingerprint density at radius 1 is 1.45 bits per heavy atom. The van der Waals surface area contributed by atoms with Crippen LogP contribution in [0.1, 0.15) is 16.2 Å². The first kappa shape index (κ1) is 14.1. The number of hydrogen-bond donors (Lipinski definition) is 1. The maximum absolute atomic E-state index is 12.2. The number of aromatic nitrogens is 4. The number of H-pyrrole nitrogens is 1. The normalized spacial score (nSPS) is 11.6. The minimum atomic E-state index is -4.37. The summed E-state index contributed by atoms with van der Waals surface area (Å²) in [5.74, 6) is -0.458. The summed E-state index contributed by atoms with van der Waals surface area (Å²) >= 11 is 0. The van der Waals surface area contributed by atoms with Crippen LogP contribution in [0.3, 0.4) is 0 Å². The number of halogens is 3. The number of aromatic amines is 1. The minimum absolute atomic E-state index is 0.0312. The summed E-state index contributed by atoms with van der Waals surface area (Å²) in [5, 5.41) is 10.1. The molecule has 0 spiro atoms. The molecular formula is C11H12F3N5O. The maximum Gasteiger partial charge on any atom is 0.408 e. The number of hydrogen-bond acceptors (Lipinski definition) is 3. The lowest BCUT2D eigenvalue weighted by molar-refractivity contribution is -0.142. The van der Waals surface area contributed by atoms with E-state index in [2.05, 4.69) is 15.3 Å². The smallest absolute Gasteiger partial charge is 0.334 e. The Morgan fingerprint density at radius 3 is 2.80 bits per heavy atom. The molecule has 2 aromatic heterocycles. The van der Waals surface area contributed by atoms with Crippen LogP contribution in [0.4, 0.5) is 13.2 Å². The third kappa shape index (κ3) is 3.59. The molecule has 1 amide bonds. The highest BCUT2D eigenvalue weighted by molar-refractivity contribution is 5.91. The van der Waals surface area contributed by atoms with E-state index in [0.717, 1.165) is 11.9 Å². The highest BCUT2D eigenvalue weighted by Gasteiger charge is 2.29. The van der Waals surface area contributed by atoms with Gasteiger partial charge >= 0.3 is 6.18 Å². The van der Waals surface area contributed by atoms with Crippen LogP contribution < -0.4 is 0 Å². The fourth-order valence-corrected chi connectivity index (χ4v) is 1.64. The van der Waals surface area contributed by atoms with E-state index in [9.17, 15) is 18.0 Å². The van der Waals surface area contributed by atoms with Gasteiger partial charge in [-0.2, -0.15) is 23.4 Å². The molecule has 0 aliphatic rings. The molecule has 0 saturated heterocycles. The molecule has 0 radical (unpaired) electrons. The zero-order valence-electron chi connectivity index (χ0n) is 10.6. The van der Waals surface area contributed by atoms with Crippen molar-refractivity contribution in [2.75, 3.05) is 7.05 Å². The van der Waals surface area contributed by atoms with Crippen LogP contribution in [-0.4, -0.2) is 44.0 Å². The van der Waals surface area contributed by atoms with Crippen LogP contribution in [0.2, 0.25) is 0 Å². The topological polar surface area (TPSA) is 66.8 Å². The summed E-state index contributed by atoms with van der Waals surface area (Å²) in [5.41, 5.74) is 0.687. The van der Waals surface area contributed by atoms with Gasteiger partial charge in [0, 0.05) is 19.4 Å². The first-order valence-electron chi connectivity index (χ1n) is 5.69. The van der Waals surface area contributed by atoms with Gasteiger partial charge in [-0.05, 0) is 12.1 Å². The highest BCUT2D eigenvalue weighted by Crippen LogP contribution is 2.17. The number of carbonyl (C=O) groups excluding carboxylic acids is 1. The Kier molecular flexibility index (Phi) is 3.77. The van der Waals surface area contributed by atoms with E-state index in [1.54, 1.807) is 12.3 Å². The van der Waals surface area contributed by atoms with Crippen molar-refractivity contribution in [3.63, 3.8) is 0 Å². The molecule has 0 unspecified atom stereocenters. The van der Waals surface area contributed by atoms with Gasteiger partial charge in [-0.15, -0.1) is 0 Å². The standard InChI is InChI=1S/C11H12F3N5O/c1-18(6-8-2-4-15-16-8)10(20)9-3-5-19(17-9)7-11(12,13)14/h2-5H,6-7H2,1H3,(H,15,16). The van der Waals surface area contributed by atoms with Gasteiger partial charge in [0.15, 0.2) is 0 Å². The fraction of sp³-hybridized carbons (Fsp3) is 0.364. The summed E-state index contributed by atoms with van der Waals surface area (Å²) < 4.78 is 37.3. The van der Waals surface area contributed by atoms with Gasteiger partial charge < -0.3 is 4.90 Å². The van der Waals surface area contributed by atoms with E-state index in [1.807, 2.05) is 0 Å². The predicted molar refractivity (Wildman–Crippen MR) is 62.7 cm³/mol. The third-order valence-electron chi connectivity index (χ3n) is 2.51. The van der Waals surface area contributed by atoms with Gasteiger partial charge in [-0.3, -0.25) is 14.6 Å². The van der Waals surface area contributed by atoms with E-state index in [0.29, 0.717) is 4.68 Å². The lowest BCUT2D eigenvalue weighted by Gasteiger charge is -2.14. The van der Waals surface area contributed by atoms with E-state index < -0.39 is 18.6 Å². The average molecular weight is 287 g/mol. The third-order valence-corrected chi connectivity index (χ3v) is 2.51. The van der Waals surface area contributed by atoms with Crippen LogP contribution >= 0.6 is 0 Å². The fourth-order valence-electron chi connectivity index (χ4n) is 1.64. The quantitative estimate of drug-likeness (QED) is 0.925. The molecule has 0 aromatic carbocycles. The van der Waals surface area contributed by atoms with Crippen molar-refractivity contribution in [3.05, 3.63) is 35.9 Å². The predicted octanol–water partition coefficient (Wildman–Crippen LogP) is 1.44. The molecule has 108 valence electrons. The van der Waals surface area contributed by atoms with Crippen LogP contribution in [0, 0.1) is 0 Å². The molecule has 0 aliphatic heterocycles. The Balaban J connectivity index is 2.02. The van der Waals surface area contributed by atoms with Crippen LogP contribution in [0.5, 0.6) is 0 Å². The molecule has 2 heterocycles. The average Bonchev–Trinajstić information content (AvgIpc) is 2.97. The first-order valence-corrected chi connectivity index (χ1v) is 5.69. The molecule has 2 rings (SSSR count). The highest BCUT2D eigenvalue weighted by atomic mass is 19.4. The van der Waals surface area contributed by atoms with Crippen LogP contribution in [-0.2, 0) is 13.1 Å². The Bertz CT molecular complexity index is 575. The zero-order valence-corrected chi connectivity index (χ0v) is 10.6. The second kappa shape index (κ2) is 5.35. The van der Waals surface area contributed by atoms with E-state index in [-0.39, 0.29) is 12.2 Å². The number of amides is 1. The molecule has 1 N–H and O–H groups in total. The molecule has 0 saturated carbocycles. The SMILES string of the molecule is CN(Cc1ccn[nH]1)C(=O)c1ccn(CC(F)(F)F)n1. The molecular weight excluding hydrogens is 275 g/mol. The summed E-state index contributed by atoms with van der Waals surface area (Å²) in [6.45, 7) is -0.949. The van der Waals surface area contributed by atoms with Gasteiger partial charge in [0.2, 0.25) is 0 Å². The summed E-state index contributed by atoms with van der Waals surface area (Å²) in [6.07, 6.45) is -1.69. The van der Waals surface area contributed by atoms with Crippen molar-refractivity contribution in [3.8, 4) is 0 Å². The van der Waals surface area contributed by atoms with Gasteiger partial charge in [-0.25, -0.2) is 0 Å². The second-order valence-electron chi connectivity index (χ2n) is 4.26. The number of alkyl halides is 3. The largest absolute Gasteiger partial charge is 0.408 e. The Hall–Kier alpha value is -2.32. The van der Waals surface area contributed by atoms with Gasteiger partial charge in [-0.1, -0.05) is 0 Å². The molecule has 0 fully saturated rings. The Labute approximate surface area is 112 Å². The van der Waals surface area contributed by atoms with Gasteiger partial charge in [0.25, 0.3) is 5.91 Å². The first-order chi connectivity index (χ1) is 9.35. The van der Waals surface area contributed by atoms with Crippen molar-refractivity contribution < 1.29 is 18.0 Å². The van der Waals surface area contributed by atoms with Crippen LogP contribution in [0.15, 0.2) is 24.5 Å². The summed E-state index contributed by atoms with van der Waals surface area (Å²) in [6, 6.07) is 2.96. The molecule has 20 heavy (non-hydrogen) atoms. The lowest BCUT2D eigenvalue weighted by Crippen LogP contribution is -2.27. The number of nitrogens with one attached hydrogen (secondary N) is 1. The number of nitrogens with zero attached hydrogens (tertiary/aromatic N) is 4. The molecule has 0 aliphatic carbocycles. The molecule has 0 bridgehead atoms. The summed E-state index contributed by atoms with van der Waals surface area (Å²) in [4.78, 5) is 13.3. The van der Waals surface area contributed by atoms with E-state index >= 15 is 0 Å². The molecule has 2 aromatic rings. The molecule has 0 atom stereocenters. The number of rotatable bonds is 4. The summed E-state index contributed by atoms with van der Waals surface area (Å²) in [7, 11) is 1.53.